The Hall–Kier alpha value is -2.71. The number of benzene rings is 1. The van der Waals surface area contributed by atoms with Crippen LogP contribution in [-0.4, -0.2) is 40.7 Å². The van der Waals surface area contributed by atoms with E-state index in [1.54, 1.807) is 19.6 Å². The van der Waals surface area contributed by atoms with Gasteiger partial charge in [0, 0.05) is 43.7 Å². The molecule has 2 N–H and O–H groups in total. The highest BCUT2D eigenvalue weighted by Crippen LogP contribution is 2.16. The summed E-state index contributed by atoms with van der Waals surface area (Å²) in [5.74, 6) is -0.0823. The number of aromatic nitrogens is 3. The minimum Gasteiger partial charge on any atom is -0.383 e. The van der Waals surface area contributed by atoms with Crippen molar-refractivity contribution in [2.24, 2.45) is 0 Å². The molecule has 0 fully saturated rings. The van der Waals surface area contributed by atoms with Crippen LogP contribution < -0.4 is 10.6 Å². The molecule has 26 heavy (non-hydrogen) atoms. The summed E-state index contributed by atoms with van der Waals surface area (Å²) >= 11 is 1.49. The van der Waals surface area contributed by atoms with Crippen molar-refractivity contribution in [1.29, 1.82) is 0 Å². The summed E-state index contributed by atoms with van der Waals surface area (Å²) < 4.78 is 6.98. The van der Waals surface area contributed by atoms with Crippen molar-refractivity contribution < 1.29 is 9.53 Å². The van der Waals surface area contributed by atoms with E-state index >= 15 is 0 Å². The van der Waals surface area contributed by atoms with Gasteiger partial charge in [0.1, 0.15) is 0 Å². The molecule has 0 radical (unpaired) electrons. The van der Waals surface area contributed by atoms with Gasteiger partial charge in [-0.2, -0.15) is 0 Å². The van der Waals surface area contributed by atoms with Gasteiger partial charge in [-0.05, 0) is 17.7 Å². The summed E-state index contributed by atoms with van der Waals surface area (Å²) in [5, 5.41) is 8.75. The highest BCUT2D eigenvalue weighted by molar-refractivity contribution is 7.13. The van der Waals surface area contributed by atoms with Crippen molar-refractivity contribution in [2.75, 3.05) is 30.9 Å². The number of rotatable bonds is 9. The molecule has 8 heteroatoms. The lowest BCUT2D eigenvalue weighted by molar-refractivity contribution is -0.115. The number of thiazole rings is 1. The van der Waals surface area contributed by atoms with Crippen LogP contribution in [0.25, 0.3) is 0 Å². The van der Waals surface area contributed by atoms with E-state index in [4.69, 9.17) is 4.74 Å². The normalized spacial score (nSPS) is 10.7. The molecule has 136 valence electrons. The molecule has 0 aliphatic heterocycles. The van der Waals surface area contributed by atoms with Crippen LogP contribution in [0, 0.1) is 0 Å². The van der Waals surface area contributed by atoms with Gasteiger partial charge in [0.05, 0.1) is 25.0 Å². The number of methoxy groups -OCH3 is 1. The minimum absolute atomic E-state index is 0.0823. The third-order valence-corrected chi connectivity index (χ3v) is 4.49. The Morgan fingerprint density at radius 3 is 2.88 bits per heavy atom. The maximum absolute atomic E-state index is 12.2. The molecule has 0 spiro atoms. The SMILES string of the molecule is COCCNc1nc(CC(=O)Nc2ccc(Cn3ccnc3)cc2)cs1. The van der Waals surface area contributed by atoms with Crippen LogP contribution in [0.5, 0.6) is 0 Å². The van der Waals surface area contributed by atoms with Crippen LogP contribution in [0.3, 0.4) is 0 Å². The van der Waals surface area contributed by atoms with E-state index in [9.17, 15) is 4.79 Å². The number of amides is 1. The molecule has 0 atom stereocenters. The van der Waals surface area contributed by atoms with Gasteiger partial charge >= 0.3 is 0 Å². The zero-order chi connectivity index (χ0) is 18.2. The first-order chi connectivity index (χ1) is 12.7. The molecule has 7 nitrogen and oxygen atoms in total. The van der Waals surface area contributed by atoms with Crippen molar-refractivity contribution in [1.82, 2.24) is 14.5 Å². The standard InChI is InChI=1S/C18H21N5O2S/c1-25-9-7-20-18-22-16(12-26-18)10-17(24)21-15-4-2-14(3-5-15)11-23-8-6-19-13-23/h2-6,8,12-13H,7,9-11H2,1H3,(H,20,22)(H,21,24). The van der Waals surface area contributed by atoms with Crippen molar-refractivity contribution in [3.8, 4) is 0 Å². The van der Waals surface area contributed by atoms with Gasteiger partial charge in [-0.3, -0.25) is 4.79 Å². The molecule has 2 aromatic heterocycles. The van der Waals surface area contributed by atoms with Crippen LogP contribution in [0.1, 0.15) is 11.3 Å². The maximum atomic E-state index is 12.2. The van der Waals surface area contributed by atoms with Crippen LogP contribution in [0.4, 0.5) is 10.8 Å². The molecule has 0 aliphatic carbocycles. The van der Waals surface area contributed by atoms with Crippen molar-refractivity contribution in [2.45, 2.75) is 13.0 Å². The second-order valence-corrected chi connectivity index (χ2v) is 6.58. The van der Waals surface area contributed by atoms with Crippen molar-refractivity contribution >= 4 is 28.1 Å². The number of nitrogens with zero attached hydrogens (tertiary/aromatic N) is 3. The van der Waals surface area contributed by atoms with Crippen molar-refractivity contribution in [3.05, 3.63) is 59.6 Å². The van der Waals surface area contributed by atoms with Crippen LogP contribution >= 0.6 is 11.3 Å². The van der Waals surface area contributed by atoms with E-state index < -0.39 is 0 Å². The quantitative estimate of drug-likeness (QED) is 0.565. The van der Waals surface area contributed by atoms with Gasteiger partial charge in [-0.25, -0.2) is 9.97 Å². The van der Waals surface area contributed by atoms with Gasteiger partial charge < -0.3 is 19.9 Å². The van der Waals surface area contributed by atoms with Crippen LogP contribution in [0.15, 0.2) is 48.4 Å². The summed E-state index contributed by atoms with van der Waals surface area (Å²) in [6, 6.07) is 7.80. The predicted molar refractivity (Wildman–Crippen MR) is 103 cm³/mol. The van der Waals surface area contributed by atoms with E-state index in [1.165, 1.54) is 11.3 Å². The predicted octanol–water partition coefficient (Wildman–Crippen LogP) is 2.63. The Morgan fingerprint density at radius 2 is 2.15 bits per heavy atom. The van der Waals surface area contributed by atoms with E-state index in [1.807, 2.05) is 40.4 Å². The Morgan fingerprint density at radius 1 is 1.31 bits per heavy atom. The van der Waals surface area contributed by atoms with Crippen molar-refractivity contribution in [3.63, 3.8) is 0 Å². The van der Waals surface area contributed by atoms with E-state index in [2.05, 4.69) is 20.6 Å². The number of hydrogen-bond donors (Lipinski definition) is 2. The maximum Gasteiger partial charge on any atom is 0.230 e. The second-order valence-electron chi connectivity index (χ2n) is 5.72. The molecular weight excluding hydrogens is 350 g/mol. The zero-order valence-corrected chi connectivity index (χ0v) is 15.3. The Bertz CT molecular complexity index is 814. The van der Waals surface area contributed by atoms with E-state index in [0.717, 1.165) is 28.6 Å². The Balaban J connectivity index is 1.48. The molecule has 1 amide bonds. The van der Waals surface area contributed by atoms with Gasteiger partial charge in [0.2, 0.25) is 5.91 Å². The number of hydrogen-bond acceptors (Lipinski definition) is 6. The molecule has 0 bridgehead atoms. The number of ether oxygens (including phenoxy) is 1. The highest BCUT2D eigenvalue weighted by Gasteiger charge is 2.08. The highest BCUT2D eigenvalue weighted by atomic mass is 32.1. The van der Waals surface area contributed by atoms with E-state index in [-0.39, 0.29) is 12.3 Å². The molecule has 3 rings (SSSR count). The van der Waals surface area contributed by atoms with Crippen LogP contribution in [-0.2, 0) is 22.5 Å². The third kappa shape index (κ3) is 5.40. The summed E-state index contributed by atoms with van der Waals surface area (Å²) in [6.45, 7) is 2.07. The van der Waals surface area contributed by atoms with Gasteiger partial charge in [-0.1, -0.05) is 12.1 Å². The van der Waals surface area contributed by atoms with Gasteiger partial charge in [-0.15, -0.1) is 11.3 Å². The lowest BCUT2D eigenvalue weighted by atomic mass is 10.2. The van der Waals surface area contributed by atoms with Crippen LogP contribution in [0.2, 0.25) is 0 Å². The summed E-state index contributed by atoms with van der Waals surface area (Å²) in [4.78, 5) is 20.6. The van der Waals surface area contributed by atoms with Gasteiger partial charge in [0.25, 0.3) is 0 Å². The largest absolute Gasteiger partial charge is 0.383 e. The minimum atomic E-state index is -0.0823. The number of nitrogens with one attached hydrogen (secondary N) is 2. The van der Waals surface area contributed by atoms with E-state index in [0.29, 0.717) is 13.2 Å². The van der Waals surface area contributed by atoms with Gasteiger partial charge in [0.15, 0.2) is 5.13 Å². The molecule has 0 saturated carbocycles. The average molecular weight is 371 g/mol. The number of imidazole rings is 1. The molecule has 1 aromatic carbocycles. The molecule has 0 unspecified atom stereocenters. The average Bonchev–Trinajstić information content (AvgIpc) is 3.29. The molecular formula is C18H21N5O2S. The molecule has 0 aliphatic rings. The first-order valence-corrected chi connectivity index (χ1v) is 9.12. The zero-order valence-electron chi connectivity index (χ0n) is 14.5. The lowest BCUT2D eigenvalue weighted by Gasteiger charge is -2.06. The Labute approximate surface area is 156 Å². The second kappa shape index (κ2) is 9.12. The monoisotopic (exact) mass is 371 g/mol. The first-order valence-electron chi connectivity index (χ1n) is 8.24. The Kier molecular flexibility index (Phi) is 6.34. The number of carbonyl (C=O) groups excluding carboxylic acids is 1. The molecule has 2 heterocycles. The fraction of sp³-hybridized carbons (Fsp3) is 0.278. The summed E-state index contributed by atoms with van der Waals surface area (Å²) in [5.41, 5.74) is 2.68. The molecule has 3 aromatic rings. The first kappa shape index (κ1) is 18.1. The summed E-state index contributed by atoms with van der Waals surface area (Å²) in [6.07, 6.45) is 5.70. The fourth-order valence-corrected chi connectivity index (χ4v) is 3.12. The lowest BCUT2D eigenvalue weighted by Crippen LogP contribution is -2.14. The number of anilines is 2. The third-order valence-electron chi connectivity index (χ3n) is 3.64. The molecule has 0 saturated heterocycles. The number of carbonyl (C=O) groups is 1. The topological polar surface area (TPSA) is 81.1 Å². The fourth-order valence-electron chi connectivity index (χ4n) is 2.38. The summed E-state index contributed by atoms with van der Waals surface area (Å²) in [7, 11) is 1.66. The smallest absolute Gasteiger partial charge is 0.230 e.